The van der Waals surface area contributed by atoms with E-state index in [1.165, 1.54) is 34.2 Å². The molecule has 2 aliphatic rings. The van der Waals surface area contributed by atoms with Crippen molar-refractivity contribution in [2.75, 3.05) is 14.2 Å². The van der Waals surface area contributed by atoms with Crippen LogP contribution in [0.15, 0.2) is 36.4 Å². The number of ether oxygens (including phenoxy) is 2. The molecule has 1 atom stereocenters. The Labute approximate surface area is 125 Å². The number of benzene rings is 2. The van der Waals surface area contributed by atoms with E-state index in [1.54, 1.807) is 14.2 Å². The van der Waals surface area contributed by atoms with Crippen molar-refractivity contribution < 1.29 is 9.47 Å². The van der Waals surface area contributed by atoms with Crippen molar-refractivity contribution in [1.82, 2.24) is 0 Å². The first-order chi connectivity index (χ1) is 10.3. The van der Waals surface area contributed by atoms with Crippen molar-refractivity contribution in [1.29, 1.82) is 0 Å². The van der Waals surface area contributed by atoms with Crippen LogP contribution in [0, 0.1) is 0 Å². The molecular weight excluding hydrogens is 260 g/mol. The maximum atomic E-state index is 5.46. The largest absolute Gasteiger partial charge is 0.493 e. The molecule has 0 fully saturated rings. The summed E-state index contributed by atoms with van der Waals surface area (Å²) in [5.41, 5.74) is 6.96. The van der Waals surface area contributed by atoms with Gasteiger partial charge in [-0.3, -0.25) is 0 Å². The molecule has 0 N–H and O–H groups in total. The second kappa shape index (κ2) is 4.66. The van der Waals surface area contributed by atoms with Crippen molar-refractivity contribution in [3.05, 3.63) is 58.7 Å². The number of fused-ring (bicyclic) bond motifs is 5. The quantitative estimate of drug-likeness (QED) is 0.816. The molecule has 4 rings (SSSR count). The fourth-order valence-corrected chi connectivity index (χ4v) is 3.67. The van der Waals surface area contributed by atoms with E-state index in [4.69, 9.17) is 9.47 Å². The van der Waals surface area contributed by atoms with Crippen molar-refractivity contribution in [3.63, 3.8) is 0 Å². The Balaban J connectivity index is 1.87. The molecule has 0 saturated heterocycles. The minimum absolute atomic E-state index is 0.495. The summed E-state index contributed by atoms with van der Waals surface area (Å²) in [5.74, 6) is 2.12. The molecule has 0 heterocycles. The van der Waals surface area contributed by atoms with E-state index >= 15 is 0 Å². The van der Waals surface area contributed by atoms with E-state index in [2.05, 4.69) is 42.5 Å². The minimum atomic E-state index is 0.495. The molecule has 0 spiro atoms. The summed E-state index contributed by atoms with van der Waals surface area (Å²) in [7, 11) is 3.39. The Morgan fingerprint density at radius 3 is 2.57 bits per heavy atom. The van der Waals surface area contributed by atoms with Gasteiger partial charge in [-0.05, 0) is 52.8 Å². The zero-order chi connectivity index (χ0) is 14.4. The second-order valence-corrected chi connectivity index (χ2v) is 5.68. The van der Waals surface area contributed by atoms with Gasteiger partial charge in [-0.1, -0.05) is 30.3 Å². The zero-order valence-corrected chi connectivity index (χ0v) is 12.3. The van der Waals surface area contributed by atoms with Gasteiger partial charge in [0.1, 0.15) is 0 Å². The topological polar surface area (TPSA) is 18.5 Å². The molecule has 0 aromatic heterocycles. The van der Waals surface area contributed by atoms with Crippen LogP contribution in [0.2, 0.25) is 0 Å². The zero-order valence-electron chi connectivity index (χ0n) is 12.3. The Kier molecular flexibility index (Phi) is 2.78. The molecular formula is C19H18O2. The summed E-state index contributed by atoms with van der Waals surface area (Å²) in [6.07, 6.45) is 4.64. The number of aryl methyl sites for hydroxylation is 1. The standard InChI is InChI=1S/C19H18O2/c1-20-18-10-13-9-17-14-6-4-3-5-12(14)7-8-15(17)16(13)11-19(18)21-2/h3-6,9-11,15H,7-8H2,1-2H3/t15-/m1/s1. The van der Waals surface area contributed by atoms with E-state index in [-0.39, 0.29) is 0 Å². The third-order valence-electron chi connectivity index (χ3n) is 4.68. The van der Waals surface area contributed by atoms with Crippen LogP contribution < -0.4 is 9.47 Å². The van der Waals surface area contributed by atoms with Crippen molar-refractivity contribution >= 4 is 11.6 Å². The first-order valence-electron chi connectivity index (χ1n) is 7.37. The summed E-state index contributed by atoms with van der Waals surface area (Å²) in [6.45, 7) is 0. The predicted octanol–water partition coefficient (Wildman–Crippen LogP) is 4.29. The van der Waals surface area contributed by atoms with Gasteiger partial charge in [0.2, 0.25) is 0 Å². The average molecular weight is 278 g/mol. The van der Waals surface area contributed by atoms with E-state index in [1.807, 2.05) is 0 Å². The van der Waals surface area contributed by atoms with Crippen LogP contribution >= 0.6 is 0 Å². The van der Waals surface area contributed by atoms with E-state index < -0.39 is 0 Å². The highest BCUT2D eigenvalue weighted by molar-refractivity contribution is 5.94. The Bertz CT molecular complexity index is 743. The SMILES string of the molecule is COc1cc2c(cc1OC)[C@H]1CCc3ccccc3C1=C2. The lowest BCUT2D eigenvalue weighted by molar-refractivity contribution is 0.354. The third-order valence-corrected chi connectivity index (χ3v) is 4.68. The summed E-state index contributed by atoms with van der Waals surface area (Å²) in [5, 5.41) is 0. The summed E-state index contributed by atoms with van der Waals surface area (Å²) in [6, 6.07) is 13.0. The maximum Gasteiger partial charge on any atom is 0.161 e. The normalized spacial score (nSPS) is 18.4. The fourth-order valence-electron chi connectivity index (χ4n) is 3.67. The molecule has 2 aromatic carbocycles. The monoisotopic (exact) mass is 278 g/mol. The van der Waals surface area contributed by atoms with Gasteiger partial charge in [0, 0.05) is 5.92 Å². The Morgan fingerprint density at radius 2 is 1.76 bits per heavy atom. The van der Waals surface area contributed by atoms with E-state index in [9.17, 15) is 0 Å². The molecule has 0 unspecified atom stereocenters. The van der Waals surface area contributed by atoms with Crippen molar-refractivity contribution in [3.8, 4) is 11.5 Å². The van der Waals surface area contributed by atoms with Crippen LogP contribution in [0.3, 0.4) is 0 Å². The highest BCUT2D eigenvalue weighted by Gasteiger charge is 2.31. The van der Waals surface area contributed by atoms with Crippen molar-refractivity contribution in [2.24, 2.45) is 0 Å². The third kappa shape index (κ3) is 1.79. The highest BCUT2D eigenvalue weighted by Crippen LogP contribution is 2.50. The average Bonchev–Trinajstić information content (AvgIpc) is 2.91. The molecule has 0 aliphatic heterocycles. The maximum absolute atomic E-state index is 5.46. The number of hydrogen-bond donors (Lipinski definition) is 0. The number of hydrogen-bond acceptors (Lipinski definition) is 2. The van der Waals surface area contributed by atoms with E-state index in [0.29, 0.717) is 5.92 Å². The lowest BCUT2D eigenvalue weighted by Gasteiger charge is -2.25. The molecule has 2 aliphatic carbocycles. The van der Waals surface area contributed by atoms with Gasteiger partial charge in [0.05, 0.1) is 14.2 Å². The Hall–Kier alpha value is -2.22. The molecule has 21 heavy (non-hydrogen) atoms. The van der Waals surface area contributed by atoms with Crippen molar-refractivity contribution in [2.45, 2.75) is 18.8 Å². The highest BCUT2D eigenvalue weighted by atomic mass is 16.5. The van der Waals surface area contributed by atoms with Gasteiger partial charge in [-0.2, -0.15) is 0 Å². The molecule has 0 saturated carbocycles. The van der Waals surface area contributed by atoms with Crippen LogP contribution in [0.5, 0.6) is 11.5 Å². The molecule has 106 valence electrons. The molecule has 2 aromatic rings. The molecule has 2 nitrogen and oxygen atoms in total. The number of methoxy groups -OCH3 is 2. The molecule has 0 amide bonds. The first-order valence-corrected chi connectivity index (χ1v) is 7.37. The van der Waals surface area contributed by atoms with Crippen LogP contribution in [0.4, 0.5) is 0 Å². The Morgan fingerprint density at radius 1 is 1.00 bits per heavy atom. The minimum Gasteiger partial charge on any atom is -0.493 e. The van der Waals surface area contributed by atoms with Gasteiger partial charge in [0.25, 0.3) is 0 Å². The van der Waals surface area contributed by atoms with Gasteiger partial charge in [-0.25, -0.2) is 0 Å². The van der Waals surface area contributed by atoms with Crippen LogP contribution in [-0.4, -0.2) is 14.2 Å². The number of allylic oxidation sites excluding steroid dienone is 1. The summed E-state index contributed by atoms with van der Waals surface area (Å²) >= 11 is 0. The summed E-state index contributed by atoms with van der Waals surface area (Å²) in [4.78, 5) is 0. The predicted molar refractivity (Wildman–Crippen MR) is 84.9 cm³/mol. The molecule has 0 radical (unpaired) electrons. The molecule has 2 heteroatoms. The first kappa shape index (κ1) is 12.5. The molecule has 0 bridgehead atoms. The fraction of sp³-hybridized carbons (Fsp3) is 0.263. The van der Waals surface area contributed by atoms with Gasteiger partial charge < -0.3 is 9.47 Å². The van der Waals surface area contributed by atoms with E-state index in [0.717, 1.165) is 17.9 Å². The lowest BCUT2D eigenvalue weighted by atomic mass is 9.79. The smallest absolute Gasteiger partial charge is 0.161 e. The van der Waals surface area contributed by atoms with Gasteiger partial charge >= 0.3 is 0 Å². The van der Waals surface area contributed by atoms with Gasteiger partial charge in [0.15, 0.2) is 11.5 Å². The summed E-state index contributed by atoms with van der Waals surface area (Å²) < 4.78 is 10.9. The van der Waals surface area contributed by atoms with Crippen LogP contribution in [-0.2, 0) is 6.42 Å². The van der Waals surface area contributed by atoms with Crippen LogP contribution in [0.1, 0.15) is 34.6 Å². The lowest BCUT2D eigenvalue weighted by Crippen LogP contribution is -2.09. The van der Waals surface area contributed by atoms with Crippen LogP contribution in [0.25, 0.3) is 11.6 Å². The second-order valence-electron chi connectivity index (χ2n) is 5.68. The van der Waals surface area contributed by atoms with Gasteiger partial charge in [-0.15, -0.1) is 0 Å². The number of rotatable bonds is 2.